The van der Waals surface area contributed by atoms with Crippen molar-refractivity contribution in [3.05, 3.63) is 36.5 Å². The van der Waals surface area contributed by atoms with Crippen molar-refractivity contribution in [2.45, 2.75) is 51.6 Å². The number of amides is 1. The molecule has 0 aliphatic carbocycles. The maximum Gasteiger partial charge on any atom is 0.242 e. The molecule has 4 aromatic rings. The molecule has 9 nitrogen and oxygen atoms in total. The van der Waals surface area contributed by atoms with Gasteiger partial charge in [-0.25, -0.2) is 9.97 Å². The van der Waals surface area contributed by atoms with Crippen LogP contribution in [0.3, 0.4) is 0 Å². The molecule has 1 aliphatic heterocycles. The molecule has 0 unspecified atom stereocenters. The fourth-order valence-corrected chi connectivity index (χ4v) is 4.00. The summed E-state index contributed by atoms with van der Waals surface area (Å²) in [6.07, 6.45) is 4.47. The van der Waals surface area contributed by atoms with E-state index in [9.17, 15) is 4.79 Å². The van der Waals surface area contributed by atoms with Crippen LogP contribution in [0.1, 0.15) is 40.0 Å². The number of fused-ring (bicyclic) bond motifs is 3. The van der Waals surface area contributed by atoms with Crippen molar-refractivity contribution in [3.8, 4) is 11.5 Å². The van der Waals surface area contributed by atoms with E-state index in [4.69, 9.17) is 15.1 Å². The molecule has 0 radical (unpaired) electrons. The summed E-state index contributed by atoms with van der Waals surface area (Å²) in [7, 11) is 0. The Bertz CT molecular complexity index is 1270. The normalized spacial score (nSPS) is 17.6. The predicted molar refractivity (Wildman–Crippen MR) is 119 cm³/mol. The summed E-state index contributed by atoms with van der Waals surface area (Å²) in [5.41, 5.74) is 2.11. The van der Waals surface area contributed by atoms with Crippen LogP contribution in [0.5, 0.6) is 0 Å². The molecular weight excluding hydrogens is 392 g/mol. The molecule has 160 valence electrons. The van der Waals surface area contributed by atoms with Crippen molar-refractivity contribution in [2.75, 3.05) is 11.9 Å². The Hall–Kier alpha value is -3.49. The molecule has 1 saturated heterocycles. The van der Waals surface area contributed by atoms with E-state index in [1.165, 1.54) is 0 Å². The van der Waals surface area contributed by atoms with Crippen LogP contribution >= 0.6 is 0 Å². The molecule has 2 N–H and O–H groups in total. The van der Waals surface area contributed by atoms with Gasteiger partial charge in [-0.15, -0.1) is 5.10 Å². The molecule has 1 amide bonds. The van der Waals surface area contributed by atoms with Crippen molar-refractivity contribution >= 4 is 28.4 Å². The minimum atomic E-state index is -0.355. The van der Waals surface area contributed by atoms with Crippen LogP contribution in [0.2, 0.25) is 0 Å². The topological polar surface area (TPSA) is 102 Å². The van der Waals surface area contributed by atoms with Gasteiger partial charge in [-0.3, -0.25) is 9.48 Å². The molecule has 0 spiro atoms. The quantitative estimate of drug-likeness (QED) is 0.530. The minimum Gasteiger partial charge on any atom is -0.354 e. The third kappa shape index (κ3) is 3.49. The lowest BCUT2D eigenvalue weighted by Crippen LogP contribution is -2.38. The molecule has 9 heteroatoms. The van der Waals surface area contributed by atoms with Gasteiger partial charge in [0.05, 0.1) is 11.1 Å². The lowest BCUT2D eigenvalue weighted by molar-refractivity contribution is -0.121. The minimum absolute atomic E-state index is 0.00763. The van der Waals surface area contributed by atoms with Crippen molar-refractivity contribution in [1.82, 2.24) is 34.7 Å². The summed E-state index contributed by atoms with van der Waals surface area (Å²) in [5.74, 6) is 1.07. The Labute approximate surface area is 179 Å². The number of rotatable bonds is 3. The number of para-hydroxylation sites is 1. The zero-order valence-electron chi connectivity index (χ0n) is 18.0. The average Bonchev–Trinajstić information content (AvgIpc) is 3.35. The van der Waals surface area contributed by atoms with Crippen LogP contribution in [0, 0.1) is 0 Å². The molecule has 3 aromatic heterocycles. The fourth-order valence-electron chi connectivity index (χ4n) is 4.00. The zero-order chi connectivity index (χ0) is 21.6. The first-order valence-electron chi connectivity index (χ1n) is 10.7. The Morgan fingerprint density at radius 2 is 1.97 bits per heavy atom. The Morgan fingerprint density at radius 3 is 2.81 bits per heavy atom. The standard InChI is InChI=1S/C22H26N8O/c1-22(2,3)30-17(11-13-24-30)18-27-19-14-8-4-5-9-15(14)25-21(29(19)28-18)26-16-10-6-7-12-23-20(16)31/h4-5,8-9,11,13,16H,6-7,10,12H2,1-3H3,(H,23,31)(H,25,26)/t16-/m1/s1. The number of benzene rings is 1. The molecule has 0 saturated carbocycles. The first-order valence-corrected chi connectivity index (χ1v) is 10.7. The number of hydrogen-bond acceptors (Lipinski definition) is 6. The van der Waals surface area contributed by atoms with Crippen LogP contribution in [-0.4, -0.2) is 47.9 Å². The summed E-state index contributed by atoms with van der Waals surface area (Å²) in [6.45, 7) is 6.98. The summed E-state index contributed by atoms with van der Waals surface area (Å²) >= 11 is 0. The lowest BCUT2D eigenvalue weighted by Gasteiger charge is -2.21. The van der Waals surface area contributed by atoms with Gasteiger partial charge in [0.2, 0.25) is 17.7 Å². The third-order valence-electron chi connectivity index (χ3n) is 5.52. The first-order chi connectivity index (χ1) is 14.9. The van der Waals surface area contributed by atoms with Gasteiger partial charge >= 0.3 is 0 Å². The van der Waals surface area contributed by atoms with Gasteiger partial charge < -0.3 is 10.6 Å². The van der Waals surface area contributed by atoms with Crippen LogP contribution in [0.25, 0.3) is 28.1 Å². The molecule has 5 rings (SSSR count). The maximum absolute atomic E-state index is 12.5. The highest BCUT2D eigenvalue weighted by atomic mass is 16.2. The Kier molecular flexibility index (Phi) is 4.60. The summed E-state index contributed by atoms with van der Waals surface area (Å²) < 4.78 is 3.62. The molecular formula is C22H26N8O. The second-order valence-corrected chi connectivity index (χ2v) is 8.91. The van der Waals surface area contributed by atoms with Crippen molar-refractivity contribution in [2.24, 2.45) is 0 Å². The molecule has 0 bridgehead atoms. The SMILES string of the molecule is CC(C)(C)n1nccc1-c1nc2c3ccccc3nc(N[C@@H]3CCCCNC3=O)n2n1. The van der Waals surface area contributed by atoms with E-state index in [1.54, 1.807) is 10.7 Å². The second-order valence-electron chi connectivity index (χ2n) is 8.91. The van der Waals surface area contributed by atoms with Gasteiger partial charge in [0, 0.05) is 18.1 Å². The fraction of sp³-hybridized carbons (Fsp3) is 0.409. The van der Waals surface area contributed by atoms with Crippen molar-refractivity contribution in [1.29, 1.82) is 0 Å². The smallest absolute Gasteiger partial charge is 0.242 e. The molecule has 1 aliphatic rings. The van der Waals surface area contributed by atoms with Gasteiger partial charge in [-0.05, 0) is 58.2 Å². The molecule has 1 fully saturated rings. The number of anilines is 1. The lowest BCUT2D eigenvalue weighted by atomic mass is 10.1. The van der Waals surface area contributed by atoms with Gasteiger partial charge in [0.1, 0.15) is 11.7 Å². The van der Waals surface area contributed by atoms with Gasteiger partial charge in [0.25, 0.3) is 0 Å². The Morgan fingerprint density at radius 1 is 1.13 bits per heavy atom. The second kappa shape index (κ2) is 7.33. The number of carbonyl (C=O) groups excluding carboxylic acids is 1. The van der Waals surface area contributed by atoms with Crippen molar-refractivity contribution < 1.29 is 4.79 Å². The molecule has 1 atom stereocenters. The third-order valence-corrected chi connectivity index (χ3v) is 5.52. The number of aromatic nitrogens is 6. The summed E-state index contributed by atoms with van der Waals surface area (Å²) in [6, 6.07) is 9.40. The van der Waals surface area contributed by atoms with Crippen LogP contribution in [0.15, 0.2) is 36.5 Å². The van der Waals surface area contributed by atoms with E-state index >= 15 is 0 Å². The van der Waals surface area contributed by atoms with Crippen LogP contribution in [-0.2, 0) is 10.3 Å². The van der Waals surface area contributed by atoms with E-state index in [0.29, 0.717) is 24.0 Å². The van der Waals surface area contributed by atoms with E-state index in [-0.39, 0.29) is 17.5 Å². The van der Waals surface area contributed by atoms with Gasteiger partial charge in [-0.1, -0.05) is 12.1 Å². The van der Waals surface area contributed by atoms with E-state index in [1.807, 2.05) is 35.0 Å². The first kappa shape index (κ1) is 19.5. The highest BCUT2D eigenvalue weighted by Gasteiger charge is 2.25. The van der Waals surface area contributed by atoms with Crippen LogP contribution in [0.4, 0.5) is 5.95 Å². The highest BCUT2D eigenvalue weighted by Crippen LogP contribution is 2.27. The summed E-state index contributed by atoms with van der Waals surface area (Å²) in [4.78, 5) is 22.1. The van der Waals surface area contributed by atoms with E-state index in [2.05, 4.69) is 36.5 Å². The van der Waals surface area contributed by atoms with Crippen molar-refractivity contribution in [3.63, 3.8) is 0 Å². The van der Waals surface area contributed by atoms with Gasteiger partial charge in [-0.2, -0.15) is 9.61 Å². The van der Waals surface area contributed by atoms with Crippen LogP contribution < -0.4 is 10.6 Å². The molecule has 4 heterocycles. The number of nitrogens with one attached hydrogen (secondary N) is 2. The van der Waals surface area contributed by atoms with E-state index in [0.717, 1.165) is 35.9 Å². The zero-order valence-corrected chi connectivity index (χ0v) is 18.0. The molecule has 1 aromatic carbocycles. The number of nitrogens with zero attached hydrogens (tertiary/aromatic N) is 6. The highest BCUT2D eigenvalue weighted by molar-refractivity contribution is 5.93. The number of carbonyl (C=O) groups is 1. The largest absolute Gasteiger partial charge is 0.354 e. The predicted octanol–water partition coefficient (Wildman–Crippen LogP) is 2.98. The Balaban J connectivity index is 1.67. The summed E-state index contributed by atoms with van der Waals surface area (Å²) in [5, 5.41) is 16.4. The maximum atomic E-state index is 12.5. The number of hydrogen-bond donors (Lipinski definition) is 2. The monoisotopic (exact) mass is 418 g/mol. The molecule has 31 heavy (non-hydrogen) atoms. The van der Waals surface area contributed by atoms with Gasteiger partial charge in [0.15, 0.2) is 5.65 Å². The van der Waals surface area contributed by atoms with E-state index < -0.39 is 0 Å². The average molecular weight is 419 g/mol.